The number of nitrogens with one attached hydrogen (secondary N) is 1. The molecular formula is C26H23N7O2. The molecule has 0 radical (unpaired) electrons. The van der Waals surface area contributed by atoms with Crippen LogP contribution < -0.4 is 10.1 Å². The lowest BCUT2D eigenvalue weighted by Gasteiger charge is -2.09. The first-order valence-corrected chi connectivity index (χ1v) is 11.0. The molecule has 0 aliphatic rings. The van der Waals surface area contributed by atoms with Crippen molar-refractivity contribution < 1.29 is 9.53 Å². The number of hydrogen-bond donors (Lipinski definition) is 1. The summed E-state index contributed by atoms with van der Waals surface area (Å²) in [5, 5.41) is 11.7. The Morgan fingerprint density at radius 1 is 0.914 bits per heavy atom. The Morgan fingerprint density at radius 2 is 1.69 bits per heavy atom. The van der Waals surface area contributed by atoms with Gasteiger partial charge in [0, 0.05) is 17.4 Å². The van der Waals surface area contributed by atoms with Gasteiger partial charge in [0.1, 0.15) is 12.1 Å². The second-order valence-corrected chi connectivity index (χ2v) is 8.02. The van der Waals surface area contributed by atoms with Gasteiger partial charge in [-0.3, -0.25) is 4.79 Å². The van der Waals surface area contributed by atoms with Gasteiger partial charge >= 0.3 is 0 Å². The highest BCUT2D eigenvalue weighted by Crippen LogP contribution is 2.23. The zero-order valence-corrected chi connectivity index (χ0v) is 19.5. The van der Waals surface area contributed by atoms with Crippen molar-refractivity contribution in [2.45, 2.75) is 20.8 Å². The number of para-hydroxylation sites is 1. The Kier molecular flexibility index (Phi) is 5.80. The second kappa shape index (κ2) is 9.22. The molecule has 1 N–H and O–H groups in total. The average Bonchev–Trinajstić information content (AvgIpc) is 3.42. The third-order valence-corrected chi connectivity index (χ3v) is 5.44. The Labute approximate surface area is 202 Å². The number of nitrogens with zero attached hydrogens (tertiary/aromatic N) is 6. The van der Waals surface area contributed by atoms with Crippen molar-refractivity contribution >= 4 is 11.6 Å². The fourth-order valence-electron chi connectivity index (χ4n) is 3.75. The summed E-state index contributed by atoms with van der Waals surface area (Å²) in [6.07, 6.45) is 3.01. The Balaban J connectivity index is 1.27. The second-order valence-electron chi connectivity index (χ2n) is 8.02. The van der Waals surface area contributed by atoms with E-state index in [4.69, 9.17) is 4.74 Å². The molecule has 3 aromatic heterocycles. The molecule has 0 saturated carbocycles. The van der Waals surface area contributed by atoms with Gasteiger partial charge in [0.25, 0.3) is 5.91 Å². The van der Waals surface area contributed by atoms with E-state index in [9.17, 15) is 4.79 Å². The molecule has 0 bridgehead atoms. The molecule has 0 fully saturated rings. The third kappa shape index (κ3) is 4.65. The standard InChI is InChI=1S/C26H23N7O2/c1-17-13-18(2)32(31-17)24-14-25(28-16-27-24)35-22-11-9-20(10-12-22)30-26(34)23-15-29-33(19(23)3)21-7-5-4-6-8-21/h4-16H,1-3H3,(H,30,34). The molecule has 0 atom stereocenters. The highest BCUT2D eigenvalue weighted by molar-refractivity contribution is 6.05. The van der Waals surface area contributed by atoms with E-state index in [1.807, 2.05) is 57.2 Å². The molecule has 0 saturated heterocycles. The first kappa shape index (κ1) is 22.0. The maximum absolute atomic E-state index is 12.8. The quantitative estimate of drug-likeness (QED) is 0.386. The SMILES string of the molecule is Cc1cc(C)n(-c2cc(Oc3ccc(NC(=O)c4cnn(-c5ccccc5)c4C)cc3)ncn2)n1. The zero-order valence-electron chi connectivity index (χ0n) is 19.5. The van der Waals surface area contributed by atoms with Gasteiger partial charge in [-0.05, 0) is 63.2 Å². The first-order valence-electron chi connectivity index (χ1n) is 11.0. The van der Waals surface area contributed by atoms with Crippen molar-refractivity contribution in [3.8, 4) is 23.1 Å². The van der Waals surface area contributed by atoms with E-state index >= 15 is 0 Å². The number of aromatic nitrogens is 6. The molecule has 174 valence electrons. The lowest BCUT2D eigenvalue weighted by molar-refractivity contribution is 0.102. The molecule has 5 rings (SSSR count). The van der Waals surface area contributed by atoms with Gasteiger partial charge in [0.15, 0.2) is 5.82 Å². The van der Waals surface area contributed by atoms with Gasteiger partial charge in [0.05, 0.1) is 28.8 Å². The molecule has 5 aromatic rings. The molecule has 2 aromatic carbocycles. The summed E-state index contributed by atoms with van der Waals surface area (Å²) in [5.41, 5.74) is 4.68. The number of benzene rings is 2. The monoisotopic (exact) mass is 465 g/mol. The van der Waals surface area contributed by atoms with E-state index in [2.05, 4.69) is 25.5 Å². The van der Waals surface area contributed by atoms with E-state index in [0.29, 0.717) is 28.7 Å². The summed E-state index contributed by atoms with van der Waals surface area (Å²) in [4.78, 5) is 21.3. The topological polar surface area (TPSA) is 99.8 Å². The van der Waals surface area contributed by atoms with Crippen LogP contribution in [0.1, 0.15) is 27.4 Å². The van der Waals surface area contributed by atoms with Gasteiger partial charge in [-0.2, -0.15) is 10.2 Å². The van der Waals surface area contributed by atoms with Crippen molar-refractivity contribution in [2.75, 3.05) is 5.32 Å². The number of ether oxygens (including phenoxy) is 1. The summed E-state index contributed by atoms with van der Waals surface area (Å²) in [6.45, 7) is 5.76. The highest BCUT2D eigenvalue weighted by Gasteiger charge is 2.15. The molecular weight excluding hydrogens is 442 g/mol. The van der Waals surface area contributed by atoms with Crippen LogP contribution in [0.25, 0.3) is 11.5 Å². The van der Waals surface area contributed by atoms with Gasteiger partial charge in [-0.25, -0.2) is 19.3 Å². The predicted octanol–water partition coefficient (Wildman–Crippen LogP) is 4.82. The molecule has 35 heavy (non-hydrogen) atoms. The van der Waals surface area contributed by atoms with Crippen LogP contribution in [0.15, 0.2) is 79.3 Å². The molecule has 0 unspecified atom stereocenters. The smallest absolute Gasteiger partial charge is 0.259 e. The highest BCUT2D eigenvalue weighted by atomic mass is 16.5. The van der Waals surface area contributed by atoms with Crippen molar-refractivity contribution in [1.82, 2.24) is 29.5 Å². The molecule has 9 nitrogen and oxygen atoms in total. The number of amides is 1. The van der Waals surface area contributed by atoms with Crippen molar-refractivity contribution in [3.63, 3.8) is 0 Å². The predicted molar refractivity (Wildman–Crippen MR) is 131 cm³/mol. The number of hydrogen-bond acceptors (Lipinski definition) is 6. The Hall–Kier alpha value is -4.79. The van der Waals surface area contributed by atoms with Crippen LogP contribution in [0.3, 0.4) is 0 Å². The largest absolute Gasteiger partial charge is 0.439 e. The summed E-state index contributed by atoms with van der Waals surface area (Å²) < 4.78 is 9.37. The Morgan fingerprint density at radius 3 is 2.40 bits per heavy atom. The number of aryl methyl sites for hydroxylation is 2. The number of carbonyl (C=O) groups excluding carboxylic acids is 1. The van der Waals surface area contributed by atoms with Crippen molar-refractivity contribution in [1.29, 1.82) is 0 Å². The molecule has 3 heterocycles. The fraction of sp³-hybridized carbons (Fsp3) is 0.115. The molecule has 0 aliphatic heterocycles. The average molecular weight is 466 g/mol. The minimum Gasteiger partial charge on any atom is -0.439 e. The summed E-state index contributed by atoms with van der Waals surface area (Å²) >= 11 is 0. The number of rotatable bonds is 6. The number of carbonyl (C=O) groups is 1. The maximum atomic E-state index is 12.8. The molecule has 1 amide bonds. The van der Waals surface area contributed by atoms with Crippen LogP contribution >= 0.6 is 0 Å². The molecule has 0 spiro atoms. The van der Waals surface area contributed by atoms with Crippen molar-refractivity contribution in [3.05, 3.63) is 102 Å². The normalized spacial score (nSPS) is 10.8. The lowest BCUT2D eigenvalue weighted by atomic mass is 10.2. The minimum absolute atomic E-state index is 0.233. The first-order chi connectivity index (χ1) is 17.0. The maximum Gasteiger partial charge on any atom is 0.259 e. The van der Waals surface area contributed by atoms with E-state index in [-0.39, 0.29) is 5.91 Å². The van der Waals surface area contributed by atoms with Gasteiger partial charge in [-0.1, -0.05) is 18.2 Å². The van der Waals surface area contributed by atoms with Crippen molar-refractivity contribution in [2.24, 2.45) is 0 Å². The van der Waals surface area contributed by atoms with Crippen LogP contribution in [0.5, 0.6) is 11.6 Å². The number of anilines is 1. The summed E-state index contributed by atoms with van der Waals surface area (Å²) in [5.74, 6) is 1.36. The van der Waals surface area contributed by atoms with E-state index in [1.165, 1.54) is 6.33 Å². The van der Waals surface area contributed by atoms with E-state index in [1.54, 1.807) is 45.9 Å². The molecule has 0 aliphatic carbocycles. The lowest BCUT2D eigenvalue weighted by Crippen LogP contribution is -2.13. The third-order valence-electron chi connectivity index (χ3n) is 5.44. The van der Waals surface area contributed by atoms with Gasteiger partial charge < -0.3 is 10.1 Å². The summed E-state index contributed by atoms with van der Waals surface area (Å²) in [7, 11) is 0. The zero-order chi connectivity index (χ0) is 24.4. The van der Waals surface area contributed by atoms with Crippen LogP contribution in [0.4, 0.5) is 5.69 Å². The van der Waals surface area contributed by atoms with Crippen LogP contribution in [-0.4, -0.2) is 35.4 Å². The molecule has 9 heteroatoms. The van der Waals surface area contributed by atoms with Crippen LogP contribution in [0.2, 0.25) is 0 Å². The van der Waals surface area contributed by atoms with E-state index in [0.717, 1.165) is 22.8 Å². The Bertz CT molecular complexity index is 1490. The van der Waals surface area contributed by atoms with E-state index < -0.39 is 0 Å². The minimum atomic E-state index is -0.233. The summed E-state index contributed by atoms with van der Waals surface area (Å²) in [6, 6.07) is 20.5. The van der Waals surface area contributed by atoms with Crippen LogP contribution in [0, 0.1) is 20.8 Å². The van der Waals surface area contributed by atoms with Gasteiger partial charge in [0.2, 0.25) is 5.88 Å². The van der Waals surface area contributed by atoms with Gasteiger partial charge in [-0.15, -0.1) is 0 Å². The van der Waals surface area contributed by atoms with Crippen LogP contribution in [-0.2, 0) is 0 Å². The fourth-order valence-corrected chi connectivity index (χ4v) is 3.75.